The van der Waals surface area contributed by atoms with Gasteiger partial charge in [0.2, 0.25) is 0 Å². The molecule has 0 aliphatic rings. The summed E-state index contributed by atoms with van der Waals surface area (Å²) >= 11 is 0. The van der Waals surface area contributed by atoms with Gasteiger partial charge in [0.1, 0.15) is 5.82 Å². The molecule has 0 radical (unpaired) electrons. The van der Waals surface area contributed by atoms with E-state index in [2.05, 4.69) is 75.6 Å². The molecule has 1 aromatic heterocycles. The van der Waals surface area contributed by atoms with Crippen LogP contribution in [0, 0.1) is 5.92 Å². The lowest BCUT2D eigenvalue weighted by Crippen LogP contribution is -2.27. The van der Waals surface area contributed by atoms with Gasteiger partial charge in [0.15, 0.2) is 0 Å². The predicted molar refractivity (Wildman–Crippen MR) is 91.7 cm³/mol. The molecule has 0 aliphatic heterocycles. The number of nitrogens with zero attached hydrogens (tertiary/aromatic N) is 1. The van der Waals surface area contributed by atoms with Crippen molar-refractivity contribution >= 4 is 16.6 Å². The molecule has 3 nitrogen and oxygen atoms in total. The molecular weight excluding hydrogens is 258 g/mol. The number of rotatable bonds is 5. The van der Waals surface area contributed by atoms with Gasteiger partial charge in [-0.2, -0.15) is 0 Å². The van der Waals surface area contributed by atoms with E-state index in [1.807, 2.05) is 0 Å². The summed E-state index contributed by atoms with van der Waals surface area (Å²) in [6.45, 7) is 12.7. The molecule has 0 saturated heterocycles. The van der Waals surface area contributed by atoms with Crippen molar-refractivity contribution in [2.75, 3.05) is 11.9 Å². The molecule has 2 aromatic rings. The number of anilines is 1. The second-order valence-corrected chi connectivity index (χ2v) is 7.08. The normalized spacial score (nSPS) is 12.1. The molecule has 2 N–H and O–H groups in total. The van der Waals surface area contributed by atoms with Crippen molar-refractivity contribution in [3.63, 3.8) is 0 Å². The Balaban J connectivity index is 2.30. The second-order valence-electron chi connectivity index (χ2n) is 7.08. The van der Waals surface area contributed by atoms with Crippen LogP contribution in [-0.4, -0.2) is 17.1 Å². The largest absolute Gasteiger partial charge is 0.365 e. The Morgan fingerprint density at radius 2 is 1.86 bits per heavy atom. The molecule has 0 fully saturated rings. The van der Waals surface area contributed by atoms with Crippen LogP contribution in [0.4, 0.5) is 5.82 Å². The van der Waals surface area contributed by atoms with Crippen molar-refractivity contribution in [2.24, 2.45) is 5.92 Å². The zero-order valence-corrected chi connectivity index (χ0v) is 13.8. The molecule has 0 aliphatic carbocycles. The second kappa shape index (κ2) is 6.44. The lowest BCUT2D eigenvalue weighted by atomic mass is 10.1. The van der Waals surface area contributed by atoms with E-state index in [-0.39, 0.29) is 5.54 Å². The summed E-state index contributed by atoms with van der Waals surface area (Å²) in [6, 6.07) is 10.6. The maximum atomic E-state index is 4.81. The predicted octanol–water partition coefficient (Wildman–Crippen LogP) is 4.19. The highest BCUT2D eigenvalue weighted by molar-refractivity contribution is 5.92. The van der Waals surface area contributed by atoms with E-state index in [4.69, 9.17) is 4.98 Å². The minimum atomic E-state index is -0.000242. The zero-order chi connectivity index (χ0) is 15.5. The summed E-state index contributed by atoms with van der Waals surface area (Å²) in [5.41, 5.74) is 1.08. The quantitative estimate of drug-likeness (QED) is 0.865. The molecule has 0 bridgehead atoms. The van der Waals surface area contributed by atoms with Crippen LogP contribution in [0.2, 0.25) is 0 Å². The highest BCUT2D eigenvalue weighted by Gasteiger charge is 2.13. The lowest BCUT2D eigenvalue weighted by Gasteiger charge is -2.23. The molecule has 0 atom stereocenters. The standard InChI is InChI=1S/C18H27N3/c1-13(2)11-19-12-15-10-14-8-6-7-9-16(14)17(20-15)21-18(3,4)5/h6-10,13,19H,11-12H2,1-5H3,(H,20,21). The Morgan fingerprint density at radius 1 is 1.14 bits per heavy atom. The van der Waals surface area contributed by atoms with Gasteiger partial charge in [0.05, 0.1) is 5.69 Å². The summed E-state index contributed by atoms with van der Waals surface area (Å²) < 4.78 is 0. The molecule has 21 heavy (non-hydrogen) atoms. The highest BCUT2D eigenvalue weighted by Crippen LogP contribution is 2.25. The first kappa shape index (κ1) is 15.8. The third kappa shape index (κ3) is 4.71. The highest BCUT2D eigenvalue weighted by atomic mass is 15.0. The Labute approximate surface area is 128 Å². The van der Waals surface area contributed by atoms with E-state index in [0.29, 0.717) is 5.92 Å². The van der Waals surface area contributed by atoms with Crippen LogP contribution in [0.5, 0.6) is 0 Å². The number of hydrogen-bond donors (Lipinski definition) is 2. The van der Waals surface area contributed by atoms with Crippen molar-refractivity contribution < 1.29 is 0 Å². The molecule has 0 spiro atoms. The van der Waals surface area contributed by atoms with Gasteiger partial charge in [-0.15, -0.1) is 0 Å². The van der Waals surface area contributed by atoms with Crippen molar-refractivity contribution in [1.29, 1.82) is 0 Å². The van der Waals surface area contributed by atoms with Crippen LogP contribution in [0.1, 0.15) is 40.3 Å². The average molecular weight is 285 g/mol. The first-order valence-electron chi connectivity index (χ1n) is 7.73. The van der Waals surface area contributed by atoms with Gasteiger partial charge < -0.3 is 10.6 Å². The van der Waals surface area contributed by atoms with Gasteiger partial charge in [0.25, 0.3) is 0 Å². The Hall–Kier alpha value is -1.61. The van der Waals surface area contributed by atoms with E-state index < -0.39 is 0 Å². The summed E-state index contributed by atoms with van der Waals surface area (Å²) in [5.74, 6) is 1.62. The van der Waals surface area contributed by atoms with Crippen LogP contribution in [-0.2, 0) is 6.54 Å². The van der Waals surface area contributed by atoms with Gasteiger partial charge >= 0.3 is 0 Å². The molecular formula is C18H27N3. The molecule has 1 aromatic carbocycles. The van der Waals surface area contributed by atoms with E-state index >= 15 is 0 Å². The fourth-order valence-corrected chi connectivity index (χ4v) is 2.28. The summed E-state index contributed by atoms with van der Waals surface area (Å²) in [7, 11) is 0. The van der Waals surface area contributed by atoms with Crippen molar-refractivity contribution in [1.82, 2.24) is 10.3 Å². The third-order valence-corrected chi connectivity index (χ3v) is 3.15. The Morgan fingerprint density at radius 3 is 2.52 bits per heavy atom. The first-order valence-corrected chi connectivity index (χ1v) is 7.73. The summed E-state index contributed by atoms with van der Waals surface area (Å²) in [4.78, 5) is 4.81. The Bertz CT molecular complexity index is 597. The third-order valence-electron chi connectivity index (χ3n) is 3.15. The number of aromatic nitrogens is 1. The smallest absolute Gasteiger partial charge is 0.134 e. The molecule has 1 heterocycles. The van der Waals surface area contributed by atoms with Crippen LogP contribution < -0.4 is 10.6 Å². The van der Waals surface area contributed by atoms with Crippen molar-refractivity contribution in [3.8, 4) is 0 Å². The maximum Gasteiger partial charge on any atom is 0.134 e. The first-order chi connectivity index (χ1) is 9.85. The molecule has 0 amide bonds. The number of benzene rings is 1. The minimum Gasteiger partial charge on any atom is -0.365 e. The number of hydrogen-bond acceptors (Lipinski definition) is 3. The van der Waals surface area contributed by atoms with Gasteiger partial charge in [0, 0.05) is 17.5 Å². The maximum absolute atomic E-state index is 4.81. The molecule has 114 valence electrons. The van der Waals surface area contributed by atoms with Gasteiger partial charge in [-0.3, -0.25) is 0 Å². The van der Waals surface area contributed by atoms with E-state index in [9.17, 15) is 0 Å². The van der Waals surface area contributed by atoms with E-state index in [1.54, 1.807) is 0 Å². The van der Waals surface area contributed by atoms with Crippen LogP contribution in [0.3, 0.4) is 0 Å². The van der Waals surface area contributed by atoms with E-state index in [0.717, 1.165) is 24.6 Å². The van der Waals surface area contributed by atoms with Crippen LogP contribution in [0.15, 0.2) is 30.3 Å². The molecule has 3 heteroatoms. The van der Waals surface area contributed by atoms with Crippen LogP contribution in [0.25, 0.3) is 10.8 Å². The summed E-state index contributed by atoms with van der Waals surface area (Å²) in [5, 5.41) is 9.41. The minimum absolute atomic E-state index is 0.000242. The SMILES string of the molecule is CC(C)CNCc1cc2ccccc2c(NC(C)(C)C)n1. The number of pyridine rings is 1. The van der Waals surface area contributed by atoms with E-state index in [1.165, 1.54) is 10.8 Å². The average Bonchev–Trinajstić information content (AvgIpc) is 2.36. The topological polar surface area (TPSA) is 37.0 Å². The number of fused-ring (bicyclic) bond motifs is 1. The molecule has 0 saturated carbocycles. The van der Waals surface area contributed by atoms with Gasteiger partial charge in [-0.25, -0.2) is 4.98 Å². The van der Waals surface area contributed by atoms with Gasteiger partial charge in [-0.05, 0) is 44.7 Å². The number of nitrogens with one attached hydrogen (secondary N) is 2. The fourth-order valence-electron chi connectivity index (χ4n) is 2.28. The van der Waals surface area contributed by atoms with Crippen molar-refractivity contribution in [2.45, 2.75) is 46.7 Å². The van der Waals surface area contributed by atoms with Crippen LogP contribution >= 0.6 is 0 Å². The monoisotopic (exact) mass is 285 g/mol. The summed E-state index contributed by atoms with van der Waals surface area (Å²) in [6.07, 6.45) is 0. The lowest BCUT2D eigenvalue weighted by molar-refractivity contribution is 0.548. The van der Waals surface area contributed by atoms with Crippen molar-refractivity contribution in [3.05, 3.63) is 36.0 Å². The molecule has 0 unspecified atom stereocenters. The molecule has 2 rings (SSSR count). The van der Waals surface area contributed by atoms with Gasteiger partial charge in [-0.1, -0.05) is 38.1 Å². The fraction of sp³-hybridized carbons (Fsp3) is 0.500. The zero-order valence-electron chi connectivity index (χ0n) is 13.8. The Kier molecular flexibility index (Phi) is 4.84.